The van der Waals surface area contributed by atoms with Crippen LogP contribution < -0.4 is 0 Å². The molecular formula is C16H15BrN2O2S. The lowest BCUT2D eigenvalue weighted by atomic mass is 10.1. The molecule has 6 heteroatoms. The Morgan fingerprint density at radius 3 is 2.36 bits per heavy atom. The second kappa shape index (κ2) is 6.61. The lowest BCUT2D eigenvalue weighted by Crippen LogP contribution is -2.26. The summed E-state index contributed by atoms with van der Waals surface area (Å²) in [5.41, 5.74) is 2.37. The highest BCUT2D eigenvalue weighted by molar-refractivity contribution is 9.10. The molecule has 0 aliphatic heterocycles. The lowest BCUT2D eigenvalue weighted by molar-refractivity contribution is 0.466. The number of nitrogens with zero attached hydrogens (tertiary/aromatic N) is 2. The van der Waals surface area contributed by atoms with Crippen molar-refractivity contribution in [2.75, 3.05) is 7.05 Å². The van der Waals surface area contributed by atoms with E-state index >= 15 is 0 Å². The van der Waals surface area contributed by atoms with E-state index in [9.17, 15) is 8.42 Å². The van der Waals surface area contributed by atoms with E-state index < -0.39 is 10.0 Å². The Labute approximate surface area is 139 Å². The van der Waals surface area contributed by atoms with Gasteiger partial charge in [-0.25, -0.2) is 8.42 Å². The largest absolute Gasteiger partial charge is 0.244 e. The van der Waals surface area contributed by atoms with Gasteiger partial charge in [0.15, 0.2) is 0 Å². The van der Waals surface area contributed by atoms with Gasteiger partial charge in [0.25, 0.3) is 0 Å². The number of sulfonamides is 1. The summed E-state index contributed by atoms with van der Waals surface area (Å²) in [5, 5.41) is 8.78. The molecule has 0 spiro atoms. The number of nitriles is 1. The summed E-state index contributed by atoms with van der Waals surface area (Å²) in [5.74, 6) is 0. The molecule has 0 atom stereocenters. The molecule has 2 aromatic carbocycles. The van der Waals surface area contributed by atoms with E-state index in [-0.39, 0.29) is 11.4 Å². The van der Waals surface area contributed by atoms with Gasteiger partial charge in [0.05, 0.1) is 16.5 Å². The number of rotatable bonds is 4. The van der Waals surface area contributed by atoms with Crippen LogP contribution in [0.15, 0.2) is 51.8 Å². The van der Waals surface area contributed by atoms with E-state index in [0.717, 1.165) is 11.1 Å². The van der Waals surface area contributed by atoms with E-state index in [2.05, 4.69) is 15.9 Å². The van der Waals surface area contributed by atoms with Gasteiger partial charge < -0.3 is 0 Å². The molecule has 0 N–H and O–H groups in total. The summed E-state index contributed by atoms with van der Waals surface area (Å²) in [6.07, 6.45) is 0. The minimum Gasteiger partial charge on any atom is -0.207 e. The Bertz CT molecular complexity index is 824. The van der Waals surface area contributed by atoms with Crippen LogP contribution in [0.4, 0.5) is 0 Å². The number of aryl methyl sites for hydroxylation is 1. The average molecular weight is 379 g/mol. The summed E-state index contributed by atoms with van der Waals surface area (Å²) < 4.78 is 27.1. The van der Waals surface area contributed by atoms with Gasteiger partial charge in [-0.2, -0.15) is 9.57 Å². The van der Waals surface area contributed by atoms with Crippen molar-refractivity contribution in [3.8, 4) is 6.07 Å². The van der Waals surface area contributed by atoms with Crippen molar-refractivity contribution in [2.24, 2.45) is 0 Å². The molecule has 22 heavy (non-hydrogen) atoms. The molecular weight excluding hydrogens is 364 g/mol. The monoisotopic (exact) mass is 378 g/mol. The molecule has 0 heterocycles. The van der Waals surface area contributed by atoms with Gasteiger partial charge in [0, 0.05) is 18.1 Å². The topological polar surface area (TPSA) is 61.2 Å². The van der Waals surface area contributed by atoms with Crippen molar-refractivity contribution in [1.82, 2.24) is 4.31 Å². The van der Waals surface area contributed by atoms with Crippen LogP contribution in [0.2, 0.25) is 0 Å². The first-order valence-corrected chi connectivity index (χ1v) is 8.79. The highest BCUT2D eigenvalue weighted by Crippen LogP contribution is 2.26. The number of hydrogen-bond acceptors (Lipinski definition) is 3. The predicted octanol–water partition coefficient (Wildman–Crippen LogP) is 3.45. The molecule has 2 aromatic rings. The summed E-state index contributed by atoms with van der Waals surface area (Å²) in [7, 11) is -2.04. The van der Waals surface area contributed by atoms with Crippen molar-refractivity contribution < 1.29 is 8.42 Å². The van der Waals surface area contributed by atoms with Gasteiger partial charge >= 0.3 is 0 Å². The summed E-state index contributed by atoms with van der Waals surface area (Å²) in [6.45, 7) is 2.15. The molecule has 0 saturated heterocycles. The average Bonchev–Trinajstić information content (AvgIpc) is 2.47. The molecule has 0 unspecified atom stereocenters. The second-order valence-corrected chi connectivity index (χ2v) is 7.87. The third-order valence-corrected chi connectivity index (χ3v) is 6.04. The first-order chi connectivity index (χ1) is 10.3. The molecule has 0 aliphatic carbocycles. The maximum absolute atomic E-state index is 12.6. The maximum Gasteiger partial charge on any atom is 0.244 e. The molecule has 0 fully saturated rings. The van der Waals surface area contributed by atoms with E-state index in [0.29, 0.717) is 10.0 Å². The van der Waals surface area contributed by atoms with Gasteiger partial charge in [-0.15, -0.1) is 0 Å². The third-order valence-electron chi connectivity index (χ3n) is 3.26. The Morgan fingerprint density at radius 1 is 1.18 bits per heavy atom. The van der Waals surface area contributed by atoms with Crippen LogP contribution in [-0.2, 0) is 16.6 Å². The fourth-order valence-corrected chi connectivity index (χ4v) is 4.32. The molecule has 2 rings (SSSR count). The van der Waals surface area contributed by atoms with E-state index in [4.69, 9.17) is 5.26 Å². The zero-order chi connectivity index (χ0) is 16.3. The quantitative estimate of drug-likeness (QED) is 0.818. The normalized spacial score (nSPS) is 11.4. The number of hydrogen-bond donors (Lipinski definition) is 0. The minimum absolute atomic E-state index is 0.244. The second-order valence-electron chi connectivity index (χ2n) is 5.00. The van der Waals surface area contributed by atoms with E-state index in [1.54, 1.807) is 49.5 Å². The smallest absolute Gasteiger partial charge is 0.207 e. The molecule has 0 saturated carbocycles. The Hall–Kier alpha value is -1.68. The van der Waals surface area contributed by atoms with Gasteiger partial charge in [-0.1, -0.05) is 18.2 Å². The molecule has 0 radical (unpaired) electrons. The van der Waals surface area contributed by atoms with Crippen LogP contribution in [0.5, 0.6) is 0 Å². The summed E-state index contributed by atoms with van der Waals surface area (Å²) in [4.78, 5) is 0.245. The van der Waals surface area contributed by atoms with Crippen LogP contribution in [0.25, 0.3) is 0 Å². The van der Waals surface area contributed by atoms with Crippen molar-refractivity contribution in [1.29, 1.82) is 5.26 Å². The first kappa shape index (κ1) is 16.7. The molecule has 114 valence electrons. The van der Waals surface area contributed by atoms with Crippen LogP contribution in [0.3, 0.4) is 0 Å². The zero-order valence-electron chi connectivity index (χ0n) is 12.2. The summed E-state index contributed by atoms with van der Waals surface area (Å²) >= 11 is 3.31. The van der Waals surface area contributed by atoms with Crippen molar-refractivity contribution in [2.45, 2.75) is 18.4 Å². The fourth-order valence-electron chi connectivity index (χ4n) is 2.01. The SMILES string of the molecule is Cc1ccc(S(=O)(=O)N(C)Cc2ccc(C#N)cc2)c(Br)c1. The van der Waals surface area contributed by atoms with Gasteiger partial charge in [-0.3, -0.25) is 0 Å². The van der Waals surface area contributed by atoms with Crippen LogP contribution in [0, 0.1) is 18.3 Å². The molecule has 0 amide bonds. The summed E-state index contributed by atoms with van der Waals surface area (Å²) in [6, 6.07) is 14.1. The lowest BCUT2D eigenvalue weighted by Gasteiger charge is -2.18. The molecule has 0 aromatic heterocycles. The van der Waals surface area contributed by atoms with Crippen LogP contribution >= 0.6 is 15.9 Å². The van der Waals surface area contributed by atoms with E-state index in [1.165, 1.54) is 4.31 Å². The minimum atomic E-state index is -3.58. The van der Waals surface area contributed by atoms with E-state index in [1.807, 2.05) is 13.0 Å². The number of benzene rings is 2. The highest BCUT2D eigenvalue weighted by Gasteiger charge is 2.23. The van der Waals surface area contributed by atoms with Crippen LogP contribution in [-0.4, -0.2) is 19.8 Å². The van der Waals surface area contributed by atoms with Crippen molar-refractivity contribution in [3.05, 3.63) is 63.6 Å². The standard InChI is InChI=1S/C16H15BrN2O2S/c1-12-3-8-16(15(17)9-12)22(20,21)19(2)11-14-6-4-13(10-18)5-7-14/h3-9H,11H2,1-2H3. The third kappa shape index (κ3) is 3.55. The van der Waals surface area contributed by atoms with Gasteiger partial charge in [0.1, 0.15) is 0 Å². The molecule has 0 bridgehead atoms. The van der Waals surface area contributed by atoms with Crippen molar-refractivity contribution in [3.63, 3.8) is 0 Å². The highest BCUT2D eigenvalue weighted by atomic mass is 79.9. The van der Waals surface area contributed by atoms with Crippen molar-refractivity contribution >= 4 is 26.0 Å². The molecule has 0 aliphatic rings. The maximum atomic E-state index is 12.6. The number of halogens is 1. The zero-order valence-corrected chi connectivity index (χ0v) is 14.6. The first-order valence-electron chi connectivity index (χ1n) is 6.56. The fraction of sp³-hybridized carbons (Fsp3) is 0.188. The molecule has 4 nitrogen and oxygen atoms in total. The Morgan fingerprint density at radius 2 is 1.82 bits per heavy atom. The van der Waals surface area contributed by atoms with Gasteiger partial charge in [0.2, 0.25) is 10.0 Å². The Balaban J connectivity index is 2.26. The van der Waals surface area contributed by atoms with Crippen LogP contribution in [0.1, 0.15) is 16.7 Å². The van der Waals surface area contributed by atoms with Gasteiger partial charge in [-0.05, 0) is 58.2 Å². The Kier molecular flexibility index (Phi) is 5.01. The predicted molar refractivity (Wildman–Crippen MR) is 88.7 cm³/mol.